The maximum atomic E-state index is 12.7. The van der Waals surface area contributed by atoms with E-state index in [1.54, 1.807) is 11.3 Å². The second-order valence-corrected chi connectivity index (χ2v) is 8.50. The van der Waals surface area contributed by atoms with E-state index < -0.39 is 0 Å². The molecule has 2 N–H and O–H groups in total. The minimum atomic E-state index is -0.209. The number of carbonyl (C=O) groups is 1. The summed E-state index contributed by atoms with van der Waals surface area (Å²) in [4.78, 5) is 18.9. The van der Waals surface area contributed by atoms with Gasteiger partial charge in [-0.15, -0.1) is 11.3 Å². The van der Waals surface area contributed by atoms with Crippen molar-refractivity contribution < 1.29 is 9.90 Å². The quantitative estimate of drug-likeness (QED) is 0.495. The highest BCUT2D eigenvalue weighted by molar-refractivity contribution is 7.09. The van der Waals surface area contributed by atoms with Crippen LogP contribution in [-0.4, -0.2) is 33.2 Å². The number of amides is 1. The molecule has 0 spiro atoms. The Bertz CT molecular complexity index is 929. The number of rotatable bonds is 10. The van der Waals surface area contributed by atoms with E-state index in [1.807, 2.05) is 25.1 Å². The Morgan fingerprint density at radius 1 is 1.24 bits per heavy atom. The maximum Gasteiger partial charge on any atom is 0.251 e. The molecule has 29 heavy (non-hydrogen) atoms. The molecule has 0 unspecified atom stereocenters. The number of aromatic nitrogens is 2. The summed E-state index contributed by atoms with van der Waals surface area (Å²) in [5.74, 6) is 0.893. The summed E-state index contributed by atoms with van der Waals surface area (Å²) in [6.45, 7) is 6.41. The highest BCUT2D eigenvalue weighted by atomic mass is 32.1. The van der Waals surface area contributed by atoms with Crippen LogP contribution >= 0.6 is 11.3 Å². The number of thiophene rings is 1. The lowest BCUT2D eigenvalue weighted by Crippen LogP contribution is -2.37. The van der Waals surface area contributed by atoms with Crippen molar-refractivity contribution in [2.45, 2.75) is 65.0 Å². The third-order valence-corrected chi connectivity index (χ3v) is 6.31. The van der Waals surface area contributed by atoms with Gasteiger partial charge in [-0.1, -0.05) is 33.3 Å². The van der Waals surface area contributed by atoms with E-state index in [0.717, 1.165) is 49.0 Å². The summed E-state index contributed by atoms with van der Waals surface area (Å²) >= 11 is 1.74. The zero-order valence-corrected chi connectivity index (χ0v) is 18.3. The number of carbonyl (C=O) groups excluding carboxylic acids is 1. The number of nitrogens with one attached hydrogen (secondary N) is 1. The molecule has 2 aromatic heterocycles. The number of nitrogens with zero attached hydrogens (tertiary/aromatic N) is 2. The van der Waals surface area contributed by atoms with E-state index in [-0.39, 0.29) is 18.6 Å². The third kappa shape index (κ3) is 4.87. The number of aliphatic hydroxyl groups is 1. The van der Waals surface area contributed by atoms with Gasteiger partial charge in [-0.05, 0) is 48.9 Å². The summed E-state index contributed by atoms with van der Waals surface area (Å²) in [6.07, 6.45) is 4.55. The molecule has 5 nitrogen and oxygen atoms in total. The molecule has 0 bridgehead atoms. The van der Waals surface area contributed by atoms with Gasteiger partial charge < -0.3 is 15.0 Å². The molecule has 3 aromatic rings. The van der Waals surface area contributed by atoms with Gasteiger partial charge in [0, 0.05) is 22.9 Å². The van der Waals surface area contributed by atoms with Gasteiger partial charge in [0.25, 0.3) is 5.91 Å². The van der Waals surface area contributed by atoms with Crippen LogP contribution in [0, 0.1) is 0 Å². The van der Waals surface area contributed by atoms with Crippen molar-refractivity contribution >= 4 is 28.3 Å². The number of hydrogen-bond acceptors (Lipinski definition) is 4. The van der Waals surface area contributed by atoms with Gasteiger partial charge in [-0.3, -0.25) is 4.79 Å². The molecule has 0 aliphatic rings. The highest BCUT2D eigenvalue weighted by Crippen LogP contribution is 2.28. The Hall–Kier alpha value is -2.18. The number of fused-ring (bicyclic) bond motifs is 1. The van der Waals surface area contributed by atoms with Crippen molar-refractivity contribution in [3.63, 3.8) is 0 Å². The van der Waals surface area contributed by atoms with E-state index in [4.69, 9.17) is 4.98 Å². The molecule has 0 fully saturated rings. The van der Waals surface area contributed by atoms with Crippen LogP contribution in [0.5, 0.6) is 0 Å². The molecule has 0 saturated carbocycles. The predicted molar refractivity (Wildman–Crippen MR) is 120 cm³/mol. The van der Waals surface area contributed by atoms with Crippen LogP contribution in [-0.2, 0) is 6.42 Å². The first kappa shape index (κ1) is 21.5. The monoisotopic (exact) mass is 413 g/mol. The van der Waals surface area contributed by atoms with Crippen LogP contribution in [0.25, 0.3) is 11.0 Å². The van der Waals surface area contributed by atoms with Crippen LogP contribution in [0.3, 0.4) is 0 Å². The van der Waals surface area contributed by atoms with Gasteiger partial charge >= 0.3 is 0 Å². The number of imidazole rings is 1. The molecule has 0 aliphatic carbocycles. The molecule has 3 rings (SSSR count). The topological polar surface area (TPSA) is 67.2 Å². The Kier molecular flexibility index (Phi) is 7.45. The van der Waals surface area contributed by atoms with E-state index in [2.05, 4.69) is 41.2 Å². The summed E-state index contributed by atoms with van der Waals surface area (Å²) < 4.78 is 2.35. The molecule has 156 valence electrons. The van der Waals surface area contributed by atoms with Gasteiger partial charge in [0.2, 0.25) is 0 Å². The van der Waals surface area contributed by atoms with E-state index in [0.29, 0.717) is 11.6 Å². The van der Waals surface area contributed by atoms with E-state index >= 15 is 0 Å². The van der Waals surface area contributed by atoms with Crippen molar-refractivity contribution in [1.29, 1.82) is 0 Å². The van der Waals surface area contributed by atoms with Crippen molar-refractivity contribution in [3.8, 4) is 0 Å². The lowest BCUT2D eigenvalue weighted by atomic mass is 10.1. The van der Waals surface area contributed by atoms with E-state index in [1.165, 1.54) is 4.88 Å². The predicted octanol–water partition coefficient (Wildman–Crippen LogP) is 4.94. The van der Waals surface area contributed by atoms with Crippen molar-refractivity contribution in [1.82, 2.24) is 14.9 Å². The van der Waals surface area contributed by atoms with Gasteiger partial charge in [-0.25, -0.2) is 4.98 Å². The van der Waals surface area contributed by atoms with Gasteiger partial charge in [0.15, 0.2) is 0 Å². The standard InChI is InChI=1S/C23H31N3O2S/c1-4-8-17(15-27)24-23(28)16-10-11-21-20(13-16)25-22(14-19-9-7-12-29-19)26(21)18(5-2)6-3/h7,9-13,17-18,27H,4-6,8,14-15H2,1-3H3,(H,24,28)/t17-/m1/s1. The molecule has 1 atom stereocenters. The van der Waals surface area contributed by atoms with Crippen LogP contribution in [0.1, 0.15) is 73.6 Å². The summed E-state index contributed by atoms with van der Waals surface area (Å²) in [5, 5.41) is 14.5. The molecule has 1 amide bonds. The van der Waals surface area contributed by atoms with Gasteiger partial charge in [0.05, 0.1) is 23.7 Å². The highest BCUT2D eigenvalue weighted by Gasteiger charge is 2.19. The largest absolute Gasteiger partial charge is 0.394 e. The molecular formula is C23H31N3O2S. The fourth-order valence-corrected chi connectivity index (χ4v) is 4.57. The zero-order valence-electron chi connectivity index (χ0n) is 17.5. The first-order valence-corrected chi connectivity index (χ1v) is 11.4. The average molecular weight is 414 g/mol. The van der Waals surface area contributed by atoms with Crippen LogP contribution in [0.4, 0.5) is 0 Å². The molecule has 1 aromatic carbocycles. The average Bonchev–Trinajstić information content (AvgIpc) is 3.36. The van der Waals surface area contributed by atoms with Crippen LogP contribution in [0.2, 0.25) is 0 Å². The first-order chi connectivity index (χ1) is 14.1. The Morgan fingerprint density at radius 2 is 2.03 bits per heavy atom. The number of hydrogen-bond donors (Lipinski definition) is 2. The summed E-state index contributed by atoms with van der Waals surface area (Å²) in [7, 11) is 0. The lowest BCUT2D eigenvalue weighted by Gasteiger charge is -2.19. The minimum Gasteiger partial charge on any atom is -0.394 e. The lowest BCUT2D eigenvalue weighted by molar-refractivity contribution is 0.0913. The maximum absolute atomic E-state index is 12.7. The molecular weight excluding hydrogens is 382 g/mol. The smallest absolute Gasteiger partial charge is 0.251 e. The van der Waals surface area contributed by atoms with Gasteiger partial charge in [-0.2, -0.15) is 0 Å². The van der Waals surface area contributed by atoms with Crippen molar-refractivity contribution in [2.75, 3.05) is 6.61 Å². The van der Waals surface area contributed by atoms with Crippen molar-refractivity contribution in [2.24, 2.45) is 0 Å². The molecule has 2 heterocycles. The zero-order chi connectivity index (χ0) is 20.8. The Balaban J connectivity index is 1.96. The summed E-state index contributed by atoms with van der Waals surface area (Å²) in [6, 6.07) is 10.2. The Labute approximate surface area is 176 Å². The van der Waals surface area contributed by atoms with Gasteiger partial charge in [0.1, 0.15) is 5.82 Å². The normalized spacial score (nSPS) is 12.6. The summed E-state index contributed by atoms with van der Waals surface area (Å²) in [5.41, 5.74) is 2.52. The fourth-order valence-electron chi connectivity index (χ4n) is 3.87. The van der Waals surface area contributed by atoms with Crippen molar-refractivity contribution in [3.05, 3.63) is 52.0 Å². The van der Waals surface area contributed by atoms with E-state index in [9.17, 15) is 9.90 Å². The fraction of sp³-hybridized carbons (Fsp3) is 0.478. The van der Waals surface area contributed by atoms with Crippen LogP contribution in [0.15, 0.2) is 35.7 Å². The molecule has 0 aliphatic heterocycles. The Morgan fingerprint density at radius 3 is 2.66 bits per heavy atom. The molecule has 0 radical (unpaired) electrons. The second kappa shape index (κ2) is 10.0. The number of aliphatic hydroxyl groups excluding tert-OH is 1. The third-order valence-electron chi connectivity index (χ3n) is 5.44. The van der Waals surface area contributed by atoms with Crippen LogP contribution < -0.4 is 5.32 Å². The molecule has 0 saturated heterocycles. The first-order valence-electron chi connectivity index (χ1n) is 10.6. The SMILES string of the molecule is CCC[C@H](CO)NC(=O)c1ccc2c(c1)nc(Cc1cccs1)n2C(CC)CC. The molecule has 6 heteroatoms. The number of benzene rings is 1. The minimum absolute atomic E-state index is 0.0455. The second-order valence-electron chi connectivity index (χ2n) is 7.47.